The Labute approximate surface area is 97.7 Å². The molecule has 4 heteroatoms. The van der Waals surface area contributed by atoms with Gasteiger partial charge in [0.2, 0.25) is 0 Å². The van der Waals surface area contributed by atoms with Gasteiger partial charge in [0, 0.05) is 13.2 Å². The number of carbonyl (C=O) groups excluding carboxylic acids is 1. The summed E-state index contributed by atoms with van der Waals surface area (Å²) < 4.78 is 10.3. The summed E-state index contributed by atoms with van der Waals surface area (Å²) in [5.41, 5.74) is -0.480. The standard InChI is InChI=1S/C12H23NO3/c1-4-16-9-7-10-6-5-8-12(10,13-2)11(14)15-3/h10,13H,4-9H2,1-3H3. The van der Waals surface area contributed by atoms with Crippen LogP contribution in [0.4, 0.5) is 0 Å². The van der Waals surface area contributed by atoms with E-state index < -0.39 is 5.54 Å². The summed E-state index contributed by atoms with van der Waals surface area (Å²) >= 11 is 0. The molecule has 0 bridgehead atoms. The highest BCUT2D eigenvalue weighted by molar-refractivity contribution is 5.81. The van der Waals surface area contributed by atoms with Gasteiger partial charge in [-0.15, -0.1) is 0 Å². The first-order chi connectivity index (χ1) is 7.71. The molecule has 1 N–H and O–H groups in total. The molecule has 16 heavy (non-hydrogen) atoms. The second-order valence-electron chi connectivity index (χ2n) is 4.29. The zero-order chi connectivity index (χ0) is 12.0. The molecule has 0 radical (unpaired) electrons. The monoisotopic (exact) mass is 229 g/mol. The Morgan fingerprint density at radius 2 is 2.31 bits per heavy atom. The lowest BCUT2D eigenvalue weighted by molar-refractivity contribution is -0.150. The maximum atomic E-state index is 11.9. The predicted octanol–water partition coefficient (Wildman–Crippen LogP) is 1.34. The van der Waals surface area contributed by atoms with Gasteiger partial charge in [-0.25, -0.2) is 0 Å². The fourth-order valence-electron chi connectivity index (χ4n) is 2.72. The van der Waals surface area contributed by atoms with E-state index in [1.807, 2.05) is 14.0 Å². The first-order valence-electron chi connectivity index (χ1n) is 6.06. The van der Waals surface area contributed by atoms with Crippen LogP contribution in [0, 0.1) is 5.92 Å². The van der Waals surface area contributed by atoms with Crippen LogP contribution in [0.2, 0.25) is 0 Å². The molecular weight excluding hydrogens is 206 g/mol. The lowest BCUT2D eigenvalue weighted by Gasteiger charge is -2.32. The van der Waals surface area contributed by atoms with Gasteiger partial charge >= 0.3 is 5.97 Å². The number of ether oxygens (including phenoxy) is 2. The molecule has 0 saturated heterocycles. The zero-order valence-corrected chi connectivity index (χ0v) is 10.5. The van der Waals surface area contributed by atoms with E-state index in [0.29, 0.717) is 5.92 Å². The van der Waals surface area contributed by atoms with Crippen molar-refractivity contribution in [2.45, 2.75) is 38.1 Å². The average molecular weight is 229 g/mol. The van der Waals surface area contributed by atoms with Gasteiger partial charge < -0.3 is 14.8 Å². The van der Waals surface area contributed by atoms with Crippen molar-refractivity contribution in [3.63, 3.8) is 0 Å². The molecule has 0 aromatic heterocycles. The number of hydrogen-bond donors (Lipinski definition) is 1. The van der Waals surface area contributed by atoms with Crippen LogP contribution in [0.3, 0.4) is 0 Å². The topological polar surface area (TPSA) is 47.6 Å². The van der Waals surface area contributed by atoms with E-state index in [9.17, 15) is 4.79 Å². The van der Waals surface area contributed by atoms with Crippen molar-refractivity contribution in [3.8, 4) is 0 Å². The van der Waals surface area contributed by atoms with Crippen molar-refractivity contribution >= 4 is 5.97 Å². The van der Waals surface area contributed by atoms with Gasteiger partial charge in [0.1, 0.15) is 5.54 Å². The van der Waals surface area contributed by atoms with Gasteiger partial charge in [-0.3, -0.25) is 4.79 Å². The Balaban J connectivity index is 2.63. The molecule has 1 aliphatic rings. The molecule has 1 rings (SSSR count). The third-order valence-electron chi connectivity index (χ3n) is 3.63. The van der Waals surface area contributed by atoms with Gasteiger partial charge in [-0.1, -0.05) is 6.42 Å². The molecule has 94 valence electrons. The van der Waals surface area contributed by atoms with Gasteiger partial charge in [-0.05, 0) is 39.2 Å². The van der Waals surface area contributed by atoms with Crippen LogP contribution >= 0.6 is 0 Å². The largest absolute Gasteiger partial charge is 0.468 e. The zero-order valence-electron chi connectivity index (χ0n) is 10.5. The van der Waals surface area contributed by atoms with E-state index in [0.717, 1.165) is 38.9 Å². The molecule has 1 saturated carbocycles. The summed E-state index contributed by atoms with van der Waals surface area (Å²) in [7, 11) is 3.30. The quantitative estimate of drug-likeness (QED) is 0.551. The van der Waals surface area contributed by atoms with Crippen molar-refractivity contribution < 1.29 is 14.3 Å². The third kappa shape index (κ3) is 2.55. The number of likely N-dealkylation sites (N-methyl/N-ethyl adjacent to an activating group) is 1. The number of rotatable bonds is 6. The smallest absolute Gasteiger partial charge is 0.326 e. The van der Waals surface area contributed by atoms with Crippen molar-refractivity contribution in [2.24, 2.45) is 5.92 Å². The highest BCUT2D eigenvalue weighted by atomic mass is 16.5. The first-order valence-corrected chi connectivity index (χ1v) is 6.06. The predicted molar refractivity (Wildman–Crippen MR) is 62.3 cm³/mol. The molecule has 0 aliphatic heterocycles. The highest BCUT2D eigenvalue weighted by Gasteiger charge is 2.48. The second-order valence-corrected chi connectivity index (χ2v) is 4.29. The number of esters is 1. The molecule has 0 spiro atoms. The Morgan fingerprint density at radius 1 is 1.56 bits per heavy atom. The van der Waals surface area contributed by atoms with Crippen molar-refractivity contribution in [3.05, 3.63) is 0 Å². The normalized spacial score (nSPS) is 29.3. The lowest BCUT2D eigenvalue weighted by atomic mass is 9.85. The molecule has 2 unspecified atom stereocenters. The minimum atomic E-state index is -0.480. The minimum absolute atomic E-state index is 0.131. The summed E-state index contributed by atoms with van der Waals surface area (Å²) in [5.74, 6) is 0.200. The van der Waals surface area contributed by atoms with Gasteiger partial charge in [0.15, 0.2) is 0 Å². The van der Waals surface area contributed by atoms with Crippen LogP contribution in [-0.4, -0.2) is 38.9 Å². The molecule has 2 atom stereocenters. The summed E-state index contributed by atoms with van der Waals surface area (Å²) in [4.78, 5) is 11.9. The van der Waals surface area contributed by atoms with Crippen LogP contribution in [0.15, 0.2) is 0 Å². The minimum Gasteiger partial charge on any atom is -0.468 e. The van der Waals surface area contributed by atoms with Gasteiger partial charge in [0.05, 0.1) is 7.11 Å². The van der Waals surface area contributed by atoms with Crippen LogP contribution < -0.4 is 5.32 Å². The summed E-state index contributed by atoms with van der Waals surface area (Å²) in [5, 5.41) is 3.18. The molecular formula is C12H23NO3. The van der Waals surface area contributed by atoms with Crippen molar-refractivity contribution in [1.82, 2.24) is 5.32 Å². The third-order valence-corrected chi connectivity index (χ3v) is 3.63. The van der Waals surface area contributed by atoms with Crippen molar-refractivity contribution in [1.29, 1.82) is 0 Å². The molecule has 4 nitrogen and oxygen atoms in total. The Bertz CT molecular complexity index is 232. The van der Waals surface area contributed by atoms with E-state index in [-0.39, 0.29) is 5.97 Å². The van der Waals surface area contributed by atoms with Crippen molar-refractivity contribution in [2.75, 3.05) is 27.4 Å². The first kappa shape index (κ1) is 13.5. The fourth-order valence-corrected chi connectivity index (χ4v) is 2.72. The molecule has 0 amide bonds. The van der Waals surface area contributed by atoms with Crippen LogP contribution in [0.25, 0.3) is 0 Å². The number of hydrogen-bond acceptors (Lipinski definition) is 4. The summed E-state index contributed by atoms with van der Waals surface area (Å²) in [6.45, 7) is 3.44. The maximum Gasteiger partial charge on any atom is 0.326 e. The van der Waals surface area contributed by atoms with Crippen LogP contribution in [0.1, 0.15) is 32.6 Å². The maximum absolute atomic E-state index is 11.9. The lowest BCUT2D eigenvalue weighted by Crippen LogP contribution is -2.54. The molecule has 1 aliphatic carbocycles. The fraction of sp³-hybridized carbons (Fsp3) is 0.917. The second kappa shape index (κ2) is 6.21. The molecule has 0 aromatic rings. The van der Waals surface area contributed by atoms with Gasteiger partial charge in [0.25, 0.3) is 0 Å². The van der Waals surface area contributed by atoms with Crippen LogP contribution in [0.5, 0.6) is 0 Å². The SMILES string of the molecule is CCOCCC1CCCC1(NC)C(=O)OC. The molecule has 1 fully saturated rings. The Hall–Kier alpha value is -0.610. The number of carbonyl (C=O) groups is 1. The average Bonchev–Trinajstić information content (AvgIpc) is 2.73. The Kier molecular flexibility index (Phi) is 5.22. The summed E-state index contributed by atoms with van der Waals surface area (Å²) in [6, 6.07) is 0. The molecule has 0 aromatic carbocycles. The van der Waals surface area contributed by atoms with E-state index in [1.165, 1.54) is 7.11 Å². The summed E-state index contributed by atoms with van der Waals surface area (Å²) in [6.07, 6.45) is 3.94. The Morgan fingerprint density at radius 3 is 2.88 bits per heavy atom. The van der Waals surface area contributed by atoms with E-state index >= 15 is 0 Å². The van der Waals surface area contributed by atoms with Crippen LogP contribution in [-0.2, 0) is 14.3 Å². The number of nitrogens with one attached hydrogen (secondary N) is 1. The molecule has 0 heterocycles. The van der Waals surface area contributed by atoms with E-state index in [1.54, 1.807) is 0 Å². The number of methoxy groups -OCH3 is 1. The van der Waals surface area contributed by atoms with Gasteiger partial charge in [-0.2, -0.15) is 0 Å². The highest BCUT2D eigenvalue weighted by Crippen LogP contribution is 2.38. The van der Waals surface area contributed by atoms with E-state index in [2.05, 4.69) is 5.32 Å². The van der Waals surface area contributed by atoms with E-state index in [4.69, 9.17) is 9.47 Å².